The van der Waals surface area contributed by atoms with Crippen LogP contribution in [-0.2, 0) is 25.8 Å². The van der Waals surface area contributed by atoms with E-state index in [-0.39, 0.29) is 25.8 Å². The molecule has 1 aromatic carbocycles. The third-order valence-corrected chi connectivity index (χ3v) is 1.57. The van der Waals surface area contributed by atoms with Crippen molar-refractivity contribution in [1.82, 2.24) is 0 Å². The molecule has 0 bridgehead atoms. The molecule has 0 unspecified atom stereocenters. The molecule has 0 spiro atoms. The third-order valence-electron chi connectivity index (χ3n) is 1.57. The van der Waals surface area contributed by atoms with Crippen LogP contribution in [0.2, 0.25) is 0 Å². The topological polar surface area (TPSA) is 0 Å². The zero-order valence-corrected chi connectivity index (χ0v) is 10.5. The third kappa shape index (κ3) is 6.27. The quantitative estimate of drug-likeness (QED) is 0.503. The van der Waals surface area contributed by atoms with Gasteiger partial charge in [-0.05, 0) is 0 Å². The van der Waals surface area contributed by atoms with Gasteiger partial charge in [0.05, 0.1) is 0 Å². The Balaban J connectivity index is 0. The fourth-order valence-electron chi connectivity index (χ4n) is 0.860. The first-order valence-electron chi connectivity index (χ1n) is 3.84. The number of hydrogen-bond acceptors (Lipinski definition) is 0. The molecule has 0 heterocycles. The predicted octanol–water partition coefficient (Wildman–Crippen LogP) is 3.80. The van der Waals surface area contributed by atoms with Crippen molar-refractivity contribution < 1.29 is 20.4 Å². The summed E-state index contributed by atoms with van der Waals surface area (Å²) in [6.07, 6.45) is 2.72. The molecule has 0 radical (unpaired) electrons. The Morgan fingerprint density at radius 3 is 2.08 bits per heavy atom. The second kappa shape index (κ2) is 7.56. The Kier molecular flexibility index (Phi) is 9.10. The minimum atomic E-state index is 0. The zero-order chi connectivity index (χ0) is 9.61. The van der Waals surface area contributed by atoms with Crippen LogP contribution in [0.25, 0.3) is 0 Å². The van der Waals surface area contributed by atoms with Crippen LogP contribution in [0.3, 0.4) is 0 Å². The van der Waals surface area contributed by atoms with E-state index in [1.807, 2.05) is 18.2 Å². The summed E-state index contributed by atoms with van der Waals surface area (Å²) < 4.78 is 0. The molecule has 0 aromatic heterocycles. The van der Waals surface area contributed by atoms with Crippen molar-refractivity contribution in [2.45, 2.75) is 26.2 Å². The van der Waals surface area contributed by atoms with Crippen LogP contribution >= 0.6 is 11.6 Å². The summed E-state index contributed by atoms with van der Waals surface area (Å²) in [4.78, 5) is 0. The summed E-state index contributed by atoms with van der Waals surface area (Å²) in [5.74, 6) is 0. The number of rotatable bonds is 0. The van der Waals surface area contributed by atoms with Crippen LogP contribution in [0.15, 0.2) is 24.3 Å². The molecule has 0 nitrogen and oxygen atoms in total. The van der Waals surface area contributed by atoms with E-state index in [9.17, 15) is 0 Å². The Labute approximate surface area is 100 Å². The molecule has 76 valence electrons. The van der Waals surface area contributed by atoms with Gasteiger partial charge in [-0.15, -0.1) is 0 Å². The Morgan fingerprint density at radius 2 is 1.85 bits per heavy atom. The molecule has 0 aliphatic heterocycles. The van der Waals surface area contributed by atoms with E-state index in [1.165, 1.54) is 5.56 Å². The maximum atomic E-state index is 4.39. The fraction of sp³-hybridized carbons (Fsp3) is 0.364. The van der Waals surface area contributed by atoms with Crippen LogP contribution < -0.4 is 0 Å². The van der Waals surface area contributed by atoms with Gasteiger partial charge in [-0.1, -0.05) is 26.2 Å². The van der Waals surface area contributed by atoms with Crippen molar-refractivity contribution in [2.75, 3.05) is 0 Å². The number of benzene rings is 1. The first-order valence-corrected chi connectivity index (χ1v) is 4.37. The standard InChI is InChI=1S/C10H13.CH2Cl.Pd/c1-10(2,3)9-7-5-4-6-8-9;1-2;/h4-5,7-8H,1-3H3;1H2;/q2*-1;+2. The smallest absolute Gasteiger partial charge is 0.352 e. The Morgan fingerprint density at radius 1 is 1.31 bits per heavy atom. The van der Waals surface area contributed by atoms with E-state index in [2.05, 4.69) is 50.9 Å². The normalized spacial score (nSPS) is 9.31. The minimum absolute atomic E-state index is 0. The first-order chi connectivity index (χ1) is 5.61. The molecule has 0 aliphatic rings. The van der Waals surface area contributed by atoms with Crippen molar-refractivity contribution in [3.05, 3.63) is 42.3 Å². The van der Waals surface area contributed by atoms with Gasteiger partial charge < -0.3 is 11.6 Å². The molecule has 0 aliphatic carbocycles. The monoisotopic (exact) mass is 288 g/mol. The average Bonchev–Trinajstić information content (AvgIpc) is 2.08. The van der Waals surface area contributed by atoms with Crippen LogP contribution in [0.1, 0.15) is 26.3 Å². The minimum Gasteiger partial charge on any atom is -0.352 e. The van der Waals surface area contributed by atoms with Gasteiger partial charge >= 0.3 is 20.4 Å². The van der Waals surface area contributed by atoms with Gasteiger partial charge in [0.2, 0.25) is 0 Å². The Bertz CT molecular complexity index is 201. The molecule has 2 heteroatoms. The number of halogens is 1. The molecule has 0 amide bonds. The van der Waals surface area contributed by atoms with E-state index >= 15 is 0 Å². The fourth-order valence-corrected chi connectivity index (χ4v) is 0.860. The van der Waals surface area contributed by atoms with Crippen molar-refractivity contribution in [3.8, 4) is 0 Å². The summed E-state index contributed by atoms with van der Waals surface area (Å²) in [7, 11) is 0. The summed E-state index contributed by atoms with van der Waals surface area (Å²) in [6, 6.07) is 11.2. The van der Waals surface area contributed by atoms with E-state index < -0.39 is 0 Å². The van der Waals surface area contributed by atoms with Gasteiger partial charge in [0.25, 0.3) is 0 Å². The van der Waals surface area contributed by atoms with E-state index in [0.29, 0.717) is 0 Å². The second-order valence-corrected chi connectivity index (χ2v) is 3.54. The average molecular weight is 289 g/mol. The largest absolute Gasteiger partial charge is 2.00 e. The van der Waals surface area contributed by atoms with Gasteiger partial charge in [-0.25, -0.2) is 0 Å². The second-order valence-electron chi connectivity index (χ2n) is 3.54. The summed E-state index contributed by atoms with van der Waals surface area (Å²) in [5, 5.41) is 0. The molecule has 0 fully saturated rings. The predicted molar refractivity (Wildman–Crippen MR) is 55.2 cm³/mol. The SMILES string of the molecule is CC(C)(C)c1c[c-]ccc1.[CH2-]Cl.[Pd+2]. The summed E-state index contributed by atoms with van der Waals surface area (Å²) in [5.41, 5.74) is 1.60. The molecule has 0 N–H and O–H groups in total. The van der Waals surface area contributed by atoms with Crippen molar-refractivity contribution >= 4 is 11.6 Å². The van der Waals surface area contributed by atoms with Crippen molar-refractivity contribution in [2.24, 2.45) is 0 Å². The summed E-state index contributed by atoms with van der Waals surface area (Å²) in [6.45, 7) is 6.61. The van der Waals surface area contributed by atoms with Gasteiger partial charge in [0.1, 0.15) is 0 Å². The maximum absolute atomic E-state index is 4.39. The molecule has 13 heavy (non-hydrogen) atoms. The van der Waals surface area contributed by atoms with Gasteiger partial charge in [-0.2, -0.15) is 35.9 Å². The molecule has 0 atom stereocenters. The van der Waals surface area contributed by atoms with E-state index in [4.69, 9.17) is 0 Å². The molecule has 1 rings (SSSR count). The molecule has 0 saturated heterocycles. The van der Waals surface area contributed by atoms with Gasteiger partial charge in [0.15, 0.2) is 0 Å². The van der Waals surface area contributed by atoms with Gasteiger partial charge in [0, 0.05) is 0 Å². The van der Waals surface area contributed by atoms with E-state index in [1.54, 1.807) is 0 Å². The molecule has 0 saturated carbocycles. The van der Waals surface area contributed by atoms with Crippen LogP contribution in [0.4, 0.5) is 0 Å². The van der Waals surface area contributed by atoms with Crippen molar-refractivity contribution in [3.63, 3.8) is 0 Å². The van der Waals surface area contributed by atoms with Crippen LogP contribution in [0, 0.1) is 12.4 Å². The summed E-state index contributed by atoms with van der Waals surface area (Å²) >= 11 is 4.39. The molecule has 1 aromatic rings. The van der Waals surface area contributed by atoms with Crippen LogP contribution in [-0.4, -0.2) is 0 Å². The van der Waals surface area contributed by atoms with Gasteiger partial charge in [-0.3, -0.25) is 6.38 Å². The first kappa shape index (κ1) is 15.6. The van der Waals surface area contributed by atoms with E-state index in [0.717, 1.165) is 0 Å². The molecular weight excluding hydrogens is 274 g/mol. The number of hydrogen-bond donors (Lipinski definition) is 0. The van der Waals surface area contributed by atoms with Crippen molar-refractivity contribution in [1.29, 1.82) is 0 Å². The molecular formula is C11H15ClPd. The zero-order valence-electron chi connectivity index (χ0n) is 8.21. The van der Waals surface area contributed by atoms with Crippen LogP contribution in [0.5, 0.6) is 0 Å². The Hall–Kier alpha value is 0.172. The maximum Gasteiger partial charge on any atom is 2.00 e.